The van der Waals surface area contributed by atoms with Gasteiger partial charge in [-0.05, 0) is 6.42 Å². The SMILES string of the molecule is CCCc1nc(C(=O)N2CC(C)SC(C)C2)n[nH]1. The number of nitrogens with one attached hydrogen (secondary N) is 1. The van der Waals surface area contributed by atoms with Gasteiger partial charge in [0.1, 0.15) is 5.82 Å². The number of H-pyrrole nitrogens is 1. The third kappa shape index (κ3) is 3.04. The second-order valence-corrected chi connectivity index (χ2v) is 6.70. The van der Waals surface area contributed by atoms with Gasteiger partial charge in [-0.3, -0.25) is 9.89 Å². The number of hydrogen-bond donors (Lipinski definition) is 1. The van der Waals surface area contributed by atoms with Crippen LogP contribution in [0.2, 0.25) is 0 Å². The molecule has 6 heteroatoms. The molecule has 1 amide bonds. The van der Waals surface area contributed by atoms with Gasteiger partial charge >= 0.3 is 0 Å². The summed E-state index contributed by atoms with van der Waals surface area (Å²) in [5.41, 5.74) is 0. The van der Waals surface area contributed by atoms with Crippen LogP contribution in [-0.2, 0) is 6.42 Å². The largest absolute Gasteiger partial charge is 0.334 e. The maximum Gasteiger partial charge on any atom is 0.293 e. The van der Waals surface area contributed by atoms with Gasteiger partial charge in [-0.25, -0.2) is 4.98 Å². The number of hydrogen-bond acceptors (Lipinski definition) is 4. The van der Waals surface area contributed by atoms with Gasteiger partial charge in [0, 0.05) is 30.0 Å². The molecule has 18 heavy (non-hydrogen) atoms. The molecule has 1 aliphatic rings. The maximum atomic E-state index is 12.3. The second-order valence-electron chi connectivity index (χ2n) is 4.82. The number of aromatic nitrogens is 3. The minimum Gasteiger partial charge on any atom is -0.334 e. The monoisotopic (exact) mass is 268 g/mol. The molecule has 0 saturated carbocycles. The van der Waals surface area contributed by atoms with Crippen LogP contribution < -0.4 is 0 Å². The lowest BCUT2D eigenvalue weighted by atomic mass is 10.3. The first-order chi connectivity index (χ1) is 8.60. The predicted molar refractivity (Wildman–Crippen MR) is 72.8 cm³/mol. The topological polar surface area (TPSA) is 61.9 Å². The summed E-state index contributed by atoms with van der Waals surface area (Å²) in [6, 6.07) is 0. The summed E-state index contributed by atoms with van der Waals surface area (Å²) in [6.45, 7) is 7.95. The zero-order valence-corrected chi connectivity index (χ0v) is 12.0. The summed E-state index contributed by atoms with van der Waals surface area (Å²) in [6.07, 6.45) is 1.83. The molecule has 1 N–H and O–H groups in total. The molecule has 1 saturated heterocycles. The maximum absolute atomic E-state index is 12.3. The van der Waals surface area contributed by atoms with Gasteiger partial charge in [-0.1, -0.05) is 20.8 Å². The average Bonchev–Trinajstić information content (AvgIpc) is 2.76. The van der Waals surface area contributed by atoms with Crippen LogP contribution >= 0.6 is 11.8 Å². The van der Waals surface area contributed by atoms with Crippen molar-refractivity contribution in [1.82, 2.24) is 20.1 Å². The van der Waals surface area contributed by atoms with E-state index in [0.29, 0.717) is 16.3 Å². The molecule has 100 valence electrons. The summed E-state index contributed by atoms with van der Waals surface area (Å²) < 4.78 is 0. The molecule has 0 bridgehead atoms. The fourth-order valence-corrected chi connectivity index (χ4v) is 3.55. The van der Waals surface area contributed by atoms with E-state index in [2.05, 4.69) is 36.0 Å². The van der Waals surface area contributed by atoms with Crippen molar-refractivity contribution in [3.63, 3.8) is 0 Å². The third-order valence-corrected chi connectivity index (χ3v) is 4.14. The number of amides is 1. The Bertz CT molecular complexity index is 410. The van der Waals surface area contributed by atoms with Crippen LogP contribution in [0.25, 0.3) is 0 Å². The van der Waals surface area contributed by atoms with Crippen LogP contribution in [0, 0.1) is 0 Å². The van der Waals surface area contributed by atoms with Crippen LogP contribution in [0.3, 0.4) is 0 Å². The summed E-state index contributed by atoms with van der Waals surface area (Å²) in [4.78, 5) is 18.4. The molecule has 1 aliphatic heterocycles. The van der Waals surface area contributed by atoms with Gasteiger partial charge in [0.25, 0.3) is 5.91 Å². The molecule has 1 fully saturated rings. The smallest absolute Gasteiger partial charge is 0.293 e. The number of rotatable bonds is 3. The van der Waals surface area contributed by atoms with E-state index in [1.807, 2.05) is 16.7 Å². The molecule has 0 radical (unpaired) electrons. The Morgan fingerprint density at radius 2 is 2.11 bits per heavy atom. The molecule has 2 unspecified atom stereocenters. The first kappa shape index (κ1) is 13.4. The molecule has 0 spiro atoms. The highest BCUT2D eigenvalue weighted by atomic mass is 32.2. The zero-order chi connectivity index (χ0) is 13.1. The Hall–Kier alpha value is -1.04. The first-order valence-electron chi connectivity index (χ1n) is 6.46. The van der Waals surface area contributed by atoms with Crippen molar-refractivity contribution >= 4 is 17.7 Å². The predicted octanol–water partition coefficient (Wildman–Crippen LogP) is 1.72. The van der Waals surface area contributed by atoms with E-state index in [4.69, 9.17) is 0 Å². The highest BCUT2D eigenvalue weighted by Crippen LogP contribution is 2.25. The minimum atomic E-state index is -0.0485. The molecular formula is C12H20N4OS. The number of carbonyl (C=O) groups excluding carboxylic acids is 1. The minimum absolute atomic E-state index is 0.0485. The van der Waals surface area contributed by atoms with Crippen molar-refractivity contribution in [3.05, 3.63) is 11.6 Å². The Kier molecular flexibility index (Phi) is 4.27. The fourth-order valence-electron chi connectivity index (χ4n) is 2.22. The van der Waals surface area contributed by atoms with Crippen LogP contribution in [0.15, 0.2) is 0 Å². The van der Waals surface area contributed by atoms with E-state index in [0.717, 1.165) is 31.8 Å². The van der Waals surface area contributed by atoms with Crippen molar-refractivity contribution in [2.45, 2.75) is 44.1 Å². The highest BCUT2D eigenvalue weighted by Gasteiger charge is 2.28. The van der Waals surface area contributed by atoms with Crippen molar-refractivity contribution in [2.75, 3.05) is 13.1 Å². The second kappa shape index (κ2) is 5.73. The van der Waals surface area contributed by atoms with Crippen molar-refractivity contribution in [1.29, 1.82) is 0 Å². The van der Waals surface area contributed by atoms with Gasteiger partial charge in [-0.15, -0.1) is 5.10 Å². The average molecular weight is 268 g/mol. The fraction of sp³-hybridized carbons (Fsp3) is 0.750. The lowest BCUT2D eigenvalue weighted by Gasteiger charge is -2.33. The summed E-state index contributed by atoms with van der Waals surface area (Å²) in [7, 11) is 0. The molecule has 2 heterocycles. The Morgan fingerprint density at radius 1 is 1.44 bits per heavy atom. The van der Waals surface area contributed by atoms with Crippen molar-refractivity contribution in [2.24, 2.45) is 0 Å². The van der Waals surface area contributed by atoms with Crippen molar-refractivity contribution < 1.29 is 4.79 Å². The lowest BCUT2D eigenvalue weighted by Crippen LogP contribution is -2.44. The van der Waals surface area contributed by atoms with E-state index in [1.54, 1.807) is 0 Å². The summed E-state index contributed by atoms with van der Waals surface area (Å²) >= 11 is 1.93. The number of nitrogens with zero attached hydrogens (tertiary/aromatic N) is 3. The molecule has 1 aromatic rings. The molecule has 2 rings (SSSR count). The number of thioether (sulfide) groups is 1. The number of carbonyl (C=O) groups is 1. The molecular weight excluding hydrogens is 248 g/mol. The first-order valence-corrected chi connectivity index (χ1v) is 7.40. The number of aromatic amines is 1. The Morgan fingerprint density at radius 3 is 2.72 bits per heavy atom. The van der Waals surface area contributed by atoms with Gasteiger partial charge in [-0.2, -0.15) is 11.8 Å². The number of aryl methyl sites for hydroxylation is 1. The molecule has 2 atom stereocenters. The van der Waals surface area contributed by atoms with E-state index >= 15 is 0 Å². The lowest BCUT2D eigenvalue weighted by molar-refractivity contribution is 0.0741. The zero-order valence-electron chi connectivity index (χ0n) is 11.1. The standard InChI is InChI=1S/C12H20N4OS/c1-4-5-10-13-11(15-14-10)12(17)16-6-8(2)18-9(3)7-16/h8-9H,4-7H2,1-3H3,(H,13,14,15). The van der Waals surface area contributed by atoms with Crippen molar-refractivity contribution in [3.8, 4) is 0 Å². The Balaban J connectivity index is 2.05. The van der Waals surface area contributed by atoms with E-state index in [-0.39, 0.29) is 5.91 Å². The molecule has 5 nitrogen and oxygen atoms in total. The quantitative estimate of drug-likeness (QED) is 0.906. The highest BCUT2D eigenvalue weighted by molar-refractivity contribution is 8.00. The normalized spacial score (nSPS) is 24.3. The Labute approximate surface area is 112 Å². The van der Waals surface area contributed by atoms with Crippen LogP contribution in [0.1, 0.15) is 43.6 Å². The van der Waals surface area contributed by atoms with Gasteiger partial charge < -0.3 is 4.90 Å². The van der Waals surface area contributed by atoms with Crippen LogP contribution in [-0.4, -0.2) is 49.6 Å². The summed E-state index contributed by atoms with van der Waals surface area (Å²) in [5, 5.41) is 7.82. The van der Waals surface area contributed by atoms with E-state index < -0.39 is 0 Å². The van der Waals surface area contributed by atoms with E-state index in [1.165, 1.54) is 0 Å². The van der Waals surface area contributed by atoms with E-state index in [9.17, 15) is 4.79 Å². The van der Waals surface area contributed by atoms with Gasteiger partial charge in [0.05, 0.1) is 0 Å². The molecule has 0 aromatic carbocycles. The van der Waals surface area contributed by atoms with Crippen LogP contribution in [0.5, 0.6) is 0 Å². The van der Waals surface area contributed by atoms with Gasteiger partial charge in [0.15, 0.2) is 0 Å². The summed E-state index contributed by atoms with van der Waals surface area (Å²) in [5.74, 6) is 1.06. The third-order valence-electron chi connectivity index (χ3n) is 2.92. The molecule has 0 aliphatic carbocycles. The molecule has 1 aromatic heterocycles. The van der Waals surface area contributed by atoms with Gasteiger partial charge in [0.2, 0.25) is 5.82 Å². The van der Waals surface area contributed by atoms with Crippen LogP contribution in [0.4, 0.5) is 0 Å².